The van der Waals surface area contributed by atoms with Crippen molar-refractivity contribution in [3.05, 3.63) is 0 Å². The van der Waals surface area contributed by atoms with Crippen molar-refractivity contribution in [2.45, 2.75) is 65.0 Å². The minimum absolute atomic E-state index is 0.151. The van der Waals surface area contributed by atoms with Crippen molar-refractivity contribution in [2.75, 3.05) is 6.54 Å². The molecule has 1 aliphatic rings. The van der Waals surface area contributed by atoms with E-state index in [0.29, 0.717) is 0 Å². The molecule has 0 aromatic carbocycles. The minimum Gasteiger partial charge on any atom is -0.270 e. The molecule has 0 aromatic heterocycles. The molecule has 0 aliphatic carbocycles. The molecule has 0 fully saturated rings. The number of nitrogens with zero attached hydrogens (tertiary/aromatic N) is 3. The molecule has 0 bridgehead atoms. The lowest BCUT2D eigenvalue weighted by molar-refractivity contribution is -0.00160. The lowest BCUT2D eigenvalue weighted by Gasteiger charge is -2.25. The van der Waals surface area contributed by atoms with E-state index < -0.39 is 0 Å². The van der Waals surface area contributed by atoms with Gasteiger partial charge in [0.05, 0.1) is 0 Å². The molecule has 1 heterocycles. The molecule has 16 heavy (non-hydrogen) atoms. The predicted molar refractivity (Wildman–Crippen MR) is 65.6 cm³/mol. The summed E-state index contributed by atoms with van der Waals surface area (Å²) in [6.07, 6.45) is 9.00. The van der Waals surface area contributed by atoms with Gasteiger partial charge in [-0.3, -0.25) is 5.01 Å². The van der Waals surface area contributed by atoms with Crippen LogP contribution in [0.2, 0.25) is 0 Å². The van der Waals surface area contributed by atoms with Crippen molar-refractivity contribution in [3.8, 4) is 0 Å². The minimum atomic E-state index is -0.151. The van der Waals surface area contributed by atoms with Gasteiger partial charge in [-0.1, -0.05) is 44.0 Å². The Kier molecular flexibility index (Phi) is 6.19. The second-order valence-corrected chi connectivity index (χ2v) is 4.42. The van der Waals surface area contributed by atoms with Gasteiger partial charge < -0.3 is 0 Å². The first kappa shape index (κ1) is 13.3. The highest BCUT2D eigenvalue weighted by Crippen LogP contribution is 2.19. The highest BCUT2D eigenvalue weighted by atomic mass is 19.2. The summed E-state index contributed by atoms with van der Waals surface area (Å²) >= 11 is 0. The Morgan fingerprint density at radius 2 is 1.88 bits per heavy atom. The Balaban J connectivity index is 2.24. The summed E-state index contributed by atoms with van der Waals surface area (Å²) in [5.41, 5.74) is 0. The Morgan fingerprint density at radius 1 is 1.12 bits per heavy atom. The van der Waals surface area contributed by atoms with Gasteiger partial charge in [0, 0.05) is 6.54 Å². The number of rotatable bonds is 8. The van der Waals surface area contributed by atoms with Crippen LogP contribution in [0.5, 0.6) is 0 Å². The van der Waals surface area contributed by atoms with E-state index in [0.717, 1.165) is 37.4 Å². The molecule has 1 rings (SSSR count). The summed E-state index contributed by atoms with van der Waals surface area (Å²) in [6.45, 7) is 5.20. The molecular formula is C12H24FN3. The lowest BCUT2D eigenvalue weighted by atomic mass is 10.2. The van der Waals surface area contributed by atoms with Gasteiger partial charge in [-0.25, -0.2) is 0 Å². The van der Waals surface area contributed by atoms with E-state index >= 15 is 0 Å². The first-order valence-corrected chi connectivity index (χ1v) is 6.54. The second-order valence-electron chi connectivity index (χ2n) is 4.42. The third-order valence-corrected chi connectivity index (χ3v) is 3.00. The fraction of sp³-hybridized carbons (Fsp3) is 0.917. The molecule has 1 aliphatic heterocycles. The van der Waals surface area contributed by atoms with Crippen LogP contribution in [0.4, 0.5) is 4.48 Å². The molecule has 0 radical (unpaired) electrons. The van der Waals surface area contributed by atoms with Crippen LogP contribution in [0.15, 0.2) is 5.10 Å². The molecule has 3 nitrogen and oxygen atoms in total. The summed E-state index contributed by atoms with van der Waals surface area (Å²) in [6, 6.07) is 0. The van der Waals surface area contributed by atoms with Crippen LogP contribution < -0.4 is 0 Å². The molecule has 1 unspecified atom stereocenters. The molecule has 0 N–H and O–H groups in total. The summed E-state index contributed by atoms with van der Waals surface area (Å²) in [7, 11) is 0. The molecule has 0 aromatic rings. The van der Waals surface area contributed by atoms with E-state index in [1.54, 1.807) is 0 Å². The van der Waals surface area contributed by atoms with E-state index in [4.69, 9.17) is 0 Å². The summed E-state index contributed by atoms with van der Waals surface area (Å²) in [5, 5.41) is 6.75. The van der Waals surface area contributed by atoms with Gasteiger partial charge in [0.1, 0.15) is 12.5 Å². The molecule has 0 spiro atoms. The molecule has 0 saturated heterocycles. The van der Waals surface area contributed by atoms with Gasteiger partial charge in [0.2, 0.25) is 0 Å². The number of halogens is 1. The van der Waals surface area contributed by atoms with Gasteiger partial charge >= 0.3 is 0 Å². The average Bonchev–Trinajstić information content (AvgIpc) is 2.63. The van der Waals surface area contributed by atoms with Crippen LogP contribution in [0, 0.1) is 0 Å². The third-order valence-electron chi connectivity index (χ3n) is 3.00. The topological polar surface area (TPSA) is 18.8 Å². The van der Waals surface area contributed by atoms with E-state index in [-0.39, 0.29) is 6.17 Å². The van der Waals surface area contributed by atoms with E-state index in [2.05, 4.69) is 18.9 Å². The Bertz CT molecular complexity index is 208. The average molecular weight is 229 g/mol. The largest absolute Gasteiger partial charge is 0.270 e. The first-order chi connectivity index (χ1) is 7.79. The third kappa shape index (κ3) is 3.99. The first-order valence-electron chi connectivity index (χ1n) is 6.54. The highest BCUT2D eigenvalue weighted by Gasteiger charge is 2.26. The number of hydrogen-bond acceptors (Lipinski definition) is 3. The van der Waals surface area contributed by atoms with Crippen molar-refractivity contribution in [2.24, 2.45) is 5.10 Å². The zero-order valence-corrected chi connectivity index (χ0v) is 10.5. The maximum Gasteiger partial charge on any atom is 0.149 e. The van der Waals surface area contributed by atoms with Crippen LogP contribution in [-0.2, 0) is 0 Å². The number of hydrazone groups is 1. The predicted octanol–water partition coefficient (Wildman–Crippen LogP) is 3.53. The van der Waals surface area contributed by atoms with Crippen molar-refractivity contribution in [3.63, 3.8) is 0 Å². The standard InChI is InChI=1S/C12H24FN3/c1-3-5-7-8-10-16-12(9-6-4-2)15(13)11-14-16/h11-12H,3-10H2,1-2H3. The zero-order chi connectivity index (χ0) is 11.8. The van der Waals surface area contributed by atoms with Crippen LogP contribution in [0.25, 0.3) is 0 Å². The normalized spacial score (nSPS) is 19.8. The molecule has 4 heteroatoms. The molecule has 0 saturated carbocycles. The number of unbranched alkanes of at least 4 members (excludes halogenated alkanes) is 4. The van der Waals surface area contributed by atoms with Crippen LogP contribution in [0.3, 0.4) is 0 Å². The van der Waals surface area contributed by atoms with Crippen LogP contribution in [0.1, 0.15) is 58.8 Å². The van der Waals surface area contributed by atoms with Gasteiger partial charge in [0.25, 0.3) is 0 Å². The Hall–Kier alpha value is -0.800. The highest BCUT2D eigenvalue weighted by molar-refractivity contribution is 5.55. The van der Waals surface area contributed by atoms with Crippen LogP contribution >= 0.6 is 0 Å². The molecular weight excluding hydrogens is 205 g/mol. The SMILES string of the molecule is CCCCCCN1N=CN(F)C1CCCC. The number of hydrogen-bond donors (Lipinski definition) is 0. The molecule has 1 atom stereocenters. The quantitative estimate of drug-likeness (QED) is 0.468. The van der Waals surface area contributed by atoms with Crippen molar-refractivity contribution >= 4 is 6.34 Å². The summed E-state index contributed by atoms with van der Waals surface area (Å²) in [5.74, 6) is 0. The zero-order valence-electron chi connectivity index (χ0n) is 10.5. The van der Waals surface area contributed by atoms with E-state index in [1.807, 2.05) is 5.01 Å². The fourth-order valence-electron chi connectivity index (χ4n) is 1.96. The van der Waals surface area contributed by atoms with Crippen molar-refractivity contribution in [1.82, 2.24) is 10.1 Å². The maximum absolute atomic E-state index is 13.4. The van der Waals surface area contributed by atoms with E-state index in [1.165, 1.54) is 25.6 Å². The van der Waals surface area contributed by atoms with Crippen molar-refractivity contribution < 1.29 is 4.48 Å². The van der Waals surface area contributed by atoms with Crippen LogP contribution in [-0.4, -0.2) is 29.2 Å². The summed E-state index contributed by atoms with van der Waals surface area (Å²) < 4.78 is 13.4. The Labute approximate surface area is 98.2 Å². The van der Waals surface area contributed by atoms with Gasteiger partial charge in [-0.15, -0.1) is 0 Å². The van der Waals surface area contributed by atoms with Gasteiger partial charge in [-0.05, 0) is 19.3 Å². The second kappa shape index (κ2) is 7.47. The lowest BCUT2D eigenvalue weighted by Crippen LogP contribution is -2.35. The van der Waals surface area contributed by atoms with E-state index in [9.17, 15) is 4.48 Å². The smallest absolute Gasteiger partial charge is 0.149 e. The van der Waals surface area contributed by atoms with Gasteiger partial charge in [-0.2, -0.15) is 10.2 Å². The molecule has 0 amide bonds. The maximum atomic E-state index is 13.4. The monoisotopic (exact) mass is 229 g/mol. The molecule has 94 valence electrons. The van der Waals surface area contributed by atoms with Gasteiger partial charge in [0.15, 0.2) is 0 Å². The summed E-state index contributed by atoms with van der Waals surface area (Å²) in [4.78, 5) is 0. The fourth-order valence-corrected chi connectivity index (χ4v) is 1.96. The Morgan fingerprint density at radius 3 is 2.56 bits per heavy atom. The van der Waals surface area contributed by atoms with Crippen molar-refractivity contribution in [1.29, 1.82) is 0 Å².